The number of nitrogen functional groups attached to an aromatic ring is 2. The van der Waals surface area contributed by atoms with Crippen molar-refractivity contribution in [2.24, 2.45) is 0 Å². The van der Waals surface area contributed by atoms with Gasteiger partial charge in [-0.3, -0.25) is 0 Å². The minimum atomic E-state index is 0.559. The Morgan fingerprint density at radius 2 is 1.78 bits per heavy atom. The molecule has 0 fully saturated rings. The van der Waals surface area contributed by atoms with E-state index in [1.54, 1.807) is 12.1 Å². The first-order chi connectivity index (χ1) is 8.72. The molecule has 2 rings (SSSR count). The molecule has 0 unspecified atom stereocenters. The van der Waals surface area contributed by atoms with Crippen LogP contribution in [0.2, 0.25) is 0 Å². The molecule has 0 bridgehead atoms. The lowest BCUT2D eigenvalue weighted by Gasteiger charge is -2.13. The number of para-hydroxylation sites is 1. The molecule has 4 N–H and O–H groups in total. The maximum absolute atomic E-state index is 5.97. The van der Waals surface area contributed by atoms with E-state index >= 15 is 0 Å². The molecule has 0 aromatic heterocycles. The first-order valence-electron chi connectivity index (χ1n) is 5.73. The Kier molecular flexibility index (Phi) is 3.53. The highest BCUT2D eigenvalue weighted by Crippen LogP contribution is 2.33. The van der Waals surface area contributed by atoms with Gasteiger partial charge in [-0.1, -0.05) is 24.3 Å². The number of ether oxygens (including phenoxy) is 1. The van der Waals surface area contributed by atoms with E-state index in [1.807, 2.05) is 36.4 Å². The highest BCUT2D eigenvalue weighted by molar-refractivity contribution is 5.71. The molecule has 0 saturated carbocycles. The second-order valence-corrected chi connectivity index (χ2v) is 3.95. The average Bonchev–Trinajstić information content (AvgIpc) is 2.39. The summed E-state index contributed by atoms with van der Waals surface area (Å²) in [6.07, 6.45) is 2.40. The van der Waals surface area contributed by atoms with Crippen LogP contribution in [-0.4, -0.2) is 0 Å². The van der Waals surface area contributed by atoms with Gasteiger partial charge in [-0.05, 0) is 30.7 Å². The molecule has 0 spiro atoms. The van der Waals surface area contributed by atoms with E-state index in [2.05, 4.69) is 6.58 Å². The van der Waals surface area contributed by atoms with Crippen LogP contribution in [0.25, 0.3) is 0 Å². The van der Waals surface area contributed by atoms with Gasteiger partial charge in [0.25, 0.3) is 0 Å². The lowest BCUT2D eigenvalue weighted by molar-refractivity contribution is 0.478. The van der Waals surface area contributed by atoms with Crippen molar-refractivity contribution in [1.29, 1.82) is 0 Å². The van der Waals surface area contributed by atoms with E-state index in [1.165, 1.54) is 0 Å². The summed E-state index contributed by atoms with van der Waals surface area (Å²) in [4.78, 5) is 0. The number of benzene rings is 2. The van der Waals surface area contributed by atoms with Gasteiger partial charge in [0.15, 0.2) is 0 Å². The summed E-state index contributed by atoms with van der Waals surface area (Å²) >= 11 is 0. The lowest BCUT2D eigenvalue weighted by atomic mass is 10.1. The van der Waals surface area contributed by atoms with E-state index in [0.29, 0.717) is 23.5 Å². The predicted molar refractivity (Wildman–Crippen MR) is 75.7 cm³/mol. The molecular formula is C15H16N2O. The third kappa shape index (κ3) is 2.46. The van der Waals surface area contributed by atoms with Gasteiger partial charge in [-0.2, -0.15) is 0 Å². The van der Waals surface area contributed by atoms with Crippen molar-refractivity contribution < 1.29 is 4.74 Å². The molecule has 0 atom stereocenters. The van der Waals surface area contributed by atoms with Crippen LogP contribution in [0.1, 0.15) is 5.56 Å². The third-order valence-corrected chi connectivity index (χ3v) is 2.67. The molecule has 3 heteroatoms. The highest BCUT2D eigenvalue weighted by atomic mass is 16.5. The Labute approximate surface area is 107 Å². The number of anilines is 2. The number of hydrogen-bond acceptors (Lipinski definition) is 3. The van der Waals surface area contributed by atoms with Crippen LogP contribution in [0.15, 0.2) is 55.1 Å². The SMILES string of the molecule is C=CCc1c(Oc2ccccc2)ccc(N)c1N. The molecule has 0 aliphatic heterocycles. The minimum absolute atomic E-state index is 0.559. The van der Waals surface area contributed by atoms with Gasteiger partial charge in [0.1, 0.15) is 11.5 Å². The summed E-state index contributed by atoms with van der Waals surface area (Å²) in [5.41, 5.74) is 13.8. The van der Waals surface area contributed by atoms with Gasteiger partial charge in [0, 0.05) is 5.56 Å². The maximum Gasteiger partial charge on any atom is 0.133 e. The van der Waals surface area contributed by atoms with Gasteiger partial charge >= 0.3 is 0 Å². The Morgan fingerprint density at radius 3 is 2.44 bits per heavy atom. The molecule has 0 radical (unpaired) electrons. The van der Waals surface area contributed by atoms with Crippen LogP contribution < -0.4 is 16.2 Å². The molecule has 0 amide bonds. The quantitative estimate of drug-likeness (QED) is 0.636. The van der Waals surface area contributed by atoms with Crippen LogP contribution in [0.5, 0.6) is 11.5 Å². The third-order valence-electron chi connectivity index (χ3n) is 2.67. The molecule has 0 heterocycles. The van der Waals surface area contributed by atoms with E-state index in [0.717, 1.165) is 11.3 Å². The first kappa shape index (κ1) is 12.0. The van der Waals surface area contributed by atoms with Crippen molar-refractivity contribution in [1.82, 2.24) is 0 Å². The average molecular weight is 240 g/mol. The number of hydrogen-bond donors (Lipinski definition) is 2. The molecule has 0 saturated heterocycles. The summed E-state index contributed by atoms with van der Waals surface area (Å²) in [6, 6.07) is 13.1. The summed E-state index contributed by atoms with van der Waals surface area (Å²) in [7, 11) is 0. The summed E-state index contributed by atoms with van der Waals surface area (Å²) in [5, 5.41) is 0. The lowest BCUT2D eigenvalue weighted by Crippen LogP contribution is -2.01. The van der Waals surface area contributed by atoms with Crippen LogP contribution in [0.4, 0.5) is 11.4 Å². The first-order valence-corrected chi connectivity index (χ1v) is 5.73. The molecule has 0 aliphatic rings. The summed E-state index contributed by atoms with van der Waals surface area (Å²) in [6.45, 7) is 3.72. The fourth-order valence-corrected chi connectivity index (χ4v) is 1.73. The van der Waals surface area contributed by atoms with Crippen molar-refractivity contribution >= 4 is 11.4 Å². The Balaban J connectivity index is 2.38. The predicted octanol–water partition coefficient (Wildman–Crippen LogP) is 3.37. The smallest absolute Gasteiger partial charge is 0.133 e. The zero-order valence-electron chi connectivity index (χ0n) is 10.1. The second-order valence-electron chi connectivity index (χ2n) is 3.95. The van der Waals surface area contributed by atoms with Crippen molar-refractivity contribution in [2.75, 3.05) is 11.5 Å². The van der Waals surface area contributed by atoms with Gasteiger partial charge in [-0.15, -0.1) is 6.58 Å². The Hall–Kier alpha value is -2.42. The fraction of sp³-hybridized carbons (Fsp3) is 0.0667. The molecule has 18 heavy (non-hydrogen) atoms. The molecule has 2 aromatic carbocycles. The van der Waals surface area contributed by atoms with E-state index < -0.39 is 0 Å². The second kappa shape index (κ2) is 5.27. The van der Waals surface area contributed by atoms with Gasteiger partial charge in [0.05, 0.1) is 11.4 Å². The zero-order valence-corrected chi connectivity index (χ0v) is 10.1. The topological polar surface area (TPSA) is 61.3 Å². The number of rotatable bonds is 4. The van der Waals surface area contributed by atoms with Crippen molar-refractivity contribution in [2.45, 2.75) is 6.42 Å². The summed E-state index contributed by atoms with van der Waals surface area (Å²) in [5.74, 6) is 1.49. The molecule has 92 valence electrons. The van der Waals surface area contributed by atoms with Crippen molar-refractivity contribution in [3.8, 4) is 11.5 Å². The van der Waals surface area contributed by atoms with E-state index in [4.69, 9.17) is 16.2 Å². The van der Waals surface area contributed by atoms with Crippen LogP contribution in [-0.2, 0) is 6.42 Å². The highest BCUT2D eigenvalue weighted by Gasteiger charge is 2.10. The number of allylic oxidation sites excluding steroid dienone is 1. The summed E-state index contributed by atoms with van der Waals surface area (Å²) < 4.78 is 5.81. The van der Waals surface area contributed by atoms with Crippen LogP contribution >= 0.6 is 0 Å². The maximum atomic E-state index is 5.97. The van der Waals surface area contributed by atoms with Crippen molar-refractivity contribution in [3.05, 3.63) is 60.7 Å². The van der Waals surface area contributed by atoms with E-state index in [9.17, 15) is 0 Å². The fourth-order valence-electron chi connectivity index (χ4n) is 1.73. The van der Waals surface area contributed by atoms with Gasteiger partial charge in [-0.25, -0.2) is 0 Å². The molecular weight excluding hydrogens is 224 g/mol. The largest absolute Gasteiger partial charge is 0.457 e. The van der Waals surface area contributed by atoms with Crippen LogP contribution in [0.3, 0.4) is 0 Å². The van der Waals surface area contributed by atoms with Gasteiger partial charge < -0.3 is 16.2 Å². The van der Waals surface area contributed by atoms with Crippen LogP contribution in [0, 0.1) is 0 Å². The molecule has 0 aliphatic carbocycles. The number of nitrogens with two attached hydrogens (primary N) is 2. The Bertz CT molecular complexity index is 550. The molecule has 3 nitrogen and oxygen atoms in total. The monoisotopic (exact) mass is 240 g/mol. The van der Waals surface area contributed by atoms with Gasteiger partial charge in [0.2, 0.25) is 0 Å². The minimum Gasteiger partial charge on any atom is -0.457 e. The zero-order chi connectivity index (χ0) is 13.0. The normalized spacial score (nSPS) is 10.0. The standard InChI is InChI=1S/C15H16N2O/c1-2-6-12-14(10-9-13(16)15(12)17)18-11-7-4-3-5-8-11/h2-5,7-10H,1,6,16-17H2. The van der Waals surface area contributed by atoms with E-state index in [-0.39, 0.29) is 0 Å². The Morgan fingerprint density at radius 1 is 1.06 bits per heavy atom. The van der Waals surface area contributed by atoms with Crippen molar-refractivity contribution in [3.63, 3.8) is 0 Å². The molecule has 2 aromatic rings.